The number of nitrogens with zero attached hydrogens (tertiary/aromatic N) is 1. The lowest BCUT2D eigenvalue weighted by atomic mass is 10.1. The molecule has 5 nitrogen and oxygen atoms in total. The van der Waals surface area contributed by atoms with E-state index < -0.39 is 0 Å². The van der Waals surface area contributed by atoms with Crippen LogP contribution in [0.25, 0.3) is 11.0 Å². The molecule has 3 aromatic rings. The van der Waals surface area contributed by atoms with Crippen molar-refractivity contribution in [3.8, 4) is 0 Å². The zero-order valence-corrected chi connectivity index (χ0v) is 12.8. The second-order valence-corrected chi connectivity index (χ2v) is 5.53. The Hall–Kier alpha value is -2.56. The monoisotopic (exact) mass is 298 g/mol. The number of furan rings is 1. The van der Waals surface area contributed by atoms with Crippen molar-refractivity contribution < 1.29 is 13.7 Å². The fourth-order valence-corrected chi connectivity index (χ4v) is 2.59. The molecule has 0 spiro atoms. The van der Waals surface area contributed by atoms with Gasteiger partial charge in [-0.05, 0) is 32.9 Å². The molecular weight excluding hydrogens is 280 g/mol. The lowest BCUT2D eigenvalue weighted by Crippen LogP contribution is -2.34. The van der Waals surface area contributed by atoms with Crippen molar-refractivity contribution in [1.82, 2.24) is 10.5 Å². The van der Waals surface area contributed by atoms with Crippen LogP contribution in [0.1, 0.15) is 34.5 Å². The summed E-state index contributed by atoms with van der Waals surface area (Å²) in [5.41, 5.74) is 1.98. The van der Waals surface area contributed by atoms with Crippen LogP contribution in [0.15, 0.2) is 39.3 Å². The summed E-state index contributed by atoms with van der Waals surface area (Å²) in [4.78, 5) is 12.3. The molecule has 114 valence electrons. The zero-order chi connectivity index (χ0) is 15.7. The van der Waals surface area contributed by atoms with Gasteiger partial charge in [-0.3, -0.25) is 4.79 Å². The van der Waals surface area contributed by atoms with Gasteiger partial charge in [-0.25, -0.2) is 0 Å². The van der Waals surface area contributed by atoms with E-state index in [9.17, 15) is 4.79 Å². The van der Waals surface area contributed by atoms with E-state index in [0.29, 0.717) is 23.4 Å². The van der Waals surface area contributed by atoms with Crippen molar-refractivity contribution >= 4 is 16.9 Å². The molecule has 2 heterocycles. The molecule has 0 saturated heterocycles. The van der Waals surface area contributed by atoms with Gasteiger partial charge in [0.15, 0.2) is 0 Å². The number of rotatable bonds is 4. The fraction of sp³-hybridized carbons (Fsp3) is 0.294. The number of hydrogen-bond donors (Lipinski definition) is 1. The second kappa shape index (κ2) is 5.67. The van der Waals surface area contributed by atoms with Crippen LogP contribution in [0.3, 0.4) is 0 Å². The standard InChI is InChI=1S/C17H18N2O3/c1-10(18-17(20)16-11(2)19-22-12(16)3)8-14-9-13-6-4-5-7-15(13)21-14/h4-7,9-10H,8H2,1-3H3,(H,18,20)/t10-/m1/s1. The van der Waals surface area contributed by atoms with Gasteiger partial charge in [-0.2, -0.15) is 0 Å². The SMILES string of the molecule is Cc1noc(C)c1C(=O)N[C@H](C)Cc1cc2ccccc2o1. The lowest BCUT2D eigenvalue weighted by molar-refractivity contribution is 0.0937. The predicted octanol–water partition coefficient (Wildman–Crippen LogP) is 3.40. The molecule has 0 aliphatic carbocycles. The van der Waals surface area contributed by atoms with Crippen LogP contribution in [0, 0.1) is 13.8 Å². The van der Waals surface area contributed by atoms with Gasteiger partial charge >= 0.3 is 0 Å². The molecule has 0 aliphatic heterocycles. The summed E-state index contributed by atoms with van der Waals surface area (Å²) in [6.07, 6.45) is 0.629. The smallest absolute Gasteiger partial charge is 0.257 e. The molecule has 0 radical (unpaired) electrons. The first-order valence-corrected chi connectivity index (χ1v) is 7.26. The van der Waals surface area contributed by atoms with Crippen molar-refractivity contribution in [2.24, 2.45) is 0 Å². The minimum absolute atomic E-state index is 0.0539. The summed E-state index contributed by atoms with van der Waals surface area (Å²) in [5, 5.41) is 7.83. The maximum Gasteiger partial charge on any atom is 0.257 e. The Bertz CT molecular complexity index is 764. The number of aromatic nitrogens is 1. The maximum atomic E-state index is 12.3. The van der Waals surface area contributed by atoms with E-state index in [1.165, 1.54) is 0 Å². The topological polar surface area (TPSA) is 68.3 Å². The van der Waals surface area contributed by atoms with E-state index in [1.54, 1.807) is 13.8 Å². The predicted molar refractivity (Wildman–Crippen MR) is 82.8 cm³/mol. The maximum absolute atomic E-state index is 12.3. The van der Waals surface area contributed by atoms with Gasteiger partial charge in [0.2, 0.25) is 0 Å². The Labute approximate surface area is 128 Å². The molecule has 1 amide bonds. The quantitative estimate of drug-likeness (QED) is 0.801. The Morgan fingerprint density at radius 1 is 1.32 bits per heavy atom. The lowest BCUT2D eigenvalue weighted by Gasteiger charge is -2.12. The summed E-state index contributed by atoms with van der Waals surface area (Å²) in [5.74, 6) is 1.22. The number of carbonyl (C=O) groups excluding carboxylic acids is 1. The van der Waals surface area contributed by atoms with Gasteiger partial charge < -0.3 is 14.3 Å². The average molecular weight is 298 g/mol. The number of hydrogen-bond acceptors (Lipinski definition) is 4. The number of amides is 1. The van der Waals surface area contributed by atoms with Crippen LogP contribution in [-0.2, 0) is 6.42 Å². The summed E-state index contributed by atoms with van der Waals surface area (Å²) in [6, 6.07) is 9.82. The highest BCUT2D eigenvalue weighted by Gasteiger charge is 2.19. The Kier molecular flexibility index (Phi) is 3.71. The molecule has 0 unspecified atom stereocenters. The van der Waals surface area contributed by atoms with Crippen LogP contribution >= 0.6 is 0 Å². The normalized spacial score (nSPS) is 12.5. The molecule has 2 aromatic heterocycles. The highest BCUT2D eigenvalue weighted by atomic mass is 16.5. The first-order valence-electron chi connectivity index (χ1n) is 7.26. The van der Waals surface area contributed by atoms with E-state index in [4.69, 9.17) is 8.94 Å². The Morgan fingerprint density at radius 2 is 2.09 bits per heavy atom. The molecule has 1 aromatic carbocycles. The first kappa shape index (κ1) is 14.4. The van der Waals surface area contributed by atoms with Gasteiger partial charge in [0.1, 0.15) is 22.7 Å². The zero-order valence-electron chi connectivity index (χ0n) is 12.8. The molecule has 3 rings (SSSR count). The number of benzene rings is 1. The summed E-state index contributed by atoms with van der Waals surface area (Å²) in [6.45, 7) is 5.44. The summed E-state index contributed by atoms with van der Waals surface area (Å²) < 4.78 is 10.8. The van der Waals surface area contributed by atoms with Gasteiger partial charge in [-0.1, -0.05) is 23.4 Å². The third-order valence-corrected chi connectivity index (χ3v) is 3.62. The van der Waals surface area contributed by atoms with Gasteiger partial charge in [0.05, 0.1) is 5.69 Å². The van der Waals surface area contributed by atoms with E-state index in [0.717, 1.165) is 16.7 Å². The molecular formula is C17H18N2O3. The van der Waals surface area contributed by atoms with Gasteiger partial charge in [0.25, 0.3) is 5.91 Å². The van der Waals surface area contributed by atoms with Crippen molar-refractivity contribution in [1.29, 1.82) is 0 Å². The van der Waals surface area contributed by atoms with E-state index in [-0.39, 0.29) is 11.9 Å². The van der Waals surface area contributed by atoms with Crippen molar-refractivity contribution in [3.63, 3.8) is 0 Å². The van der Waals surface area contributed by atoms with Crippen LogP contribution in [0.4, 0.5) is 0 Å². The number of carbonyl (C=O) groups is 1. The Morgan fingerprint density at radius 3 is 2.77 bits per heavy atom. The number of nitrogens with one attached hydrogen (secondary N) is 1. The number of aryl methyl sites for hydroxylation is 2. The molecule has 0 bridgehead atoms. The largest absolute Gasteiger partial charge is 0.461 e. The summed E-state index contributed by atoms with van der Waals surface area (Å²) in [7, 11) is 0. The first-order chi connectivity index (χ1) is 10.5. The molecule has 1 atom stereocenters. The van der Waals surface area contributed by atoms with E-state index >= 15 is 0 Å². The van der Waals surface area contributed by atoms with Crippen LogP contribution < -0.4 is 5.32 Å². The van der Waals surface area contributed by atoms with Crippen molar-refractivity contribution in [2.45, 2.75) is 33.2 Å². The van der Waals surface area contributed by atoms with Crippen LogP contribution in [0.2, 0.25) is 0 Å². The second-order valence-electron chi connectivity index (χ2n) is 5.53. The van der Waals surface area contributed by atoms with Crippen LogP contribution in [0.5, 0.6) is 0 Å². The molecule has 1 N–H and O–H groups in total. The van der Waals surface area contributed by atoms with Crippen molar-refractivity contribution in [2.75, 3.05) is 0 Å². The average Bonchev–Trinajstić information content (AvgIpc) is 3.01. The number of fused-ring (bicyclic) bond motifs is 1. The van der Waals surface area contributed by atoms with E-state index in [1.807, 2.05) is 37.3 Å². The molecule has 0 saturated carbocycles. The van der Waals surface area contributed by atoms with Gasteiger partial charge in [-0.15, -0.1) is 0 Å². The molecule has 5 heteroatoms. The molecule has 0 fully saturated rings. The molecule has 22 heavy (non-hydrogen) atoms. The Balaban J connectivity index is 1.69. The number of para-hydroxylation sites is 1. The van der Waals surface area contributed by atoms with E-state index in [2.05, 4.69) is 10.5 Å². The van der Waals surface area contributed by atoms with Crippen LogP contribution in [-0.4, -0.2) is 17.1 Å². The third-order valence-electron chi connectivity index (χ3n) is 3.62. The highest BCUT2D eigenvalue weighted by molar-refractivity contribution is 5.96. The van der Waals surface area contributed by atoms with Gasteiger partial charge in [0, 0.05) is 17.8 Å². The molecule has 0 aliphatic rings. The third kappa shape index (κ3) is 2.74. The van der Waals surface area contributed by atoms with Crippen molar-refractivity contribution in [3.05, 3.63) is 53.1 Å². The summed E-state index contributed by atoms with van der Waals surface area (Å²) >= 11 is 0. The fourth-order valence-electron chi connectivity index (χ4n) is 2.59. The minimum atomic E-state index is -0.167. The minimum Gasteiger partial charge on any atom is -0.461 e. The highest BCUT2D eigenvalue weighted by Crippen LogP contribution is 2.20.